The molecule has 1 fully saturated rings. The van der Waals surface area contributed by atoms with E-state index in [-0.39, 0.29) is 6.10 Å². The van der Waals surface area contributed by atoms with Crippen molar-refractivity contribution in [3.05, 3.63) is 83.9 Å². The number of rotatable bonds is 4. The van der Waals surface area contributed by atoms with E-state index in [2.05, 4.69) is 59.9 Å². The highest BCUT2D eigenvalue weighted by Gasteiger charge is 2.29. The molecule has 1 aliphatic heterocycles. The van der Waals surface area contributed by atoms with Gasteiger partial charge < -0.3 is 14.5 Å². The SMILES string of the molecule is c1ccc(COC2CNCCC2c2cccc3c2oc2ccccc23)cc1. The first-order valence-electron chi connectivity index (χ1n) is 9.66. The van der Waals surface area contributed by atoms with Crippen LogP contribution in [-0.4, -0.2) is 19.2 Å². The minimum Gasteiger partial charge on any atom is -0.456 e. The van der Waals surface area contributed by atoms with Gasteiger partial charge in [0.05, 0.1) is 12.7 Å². The first kappa shape index (κ1) is 16.5. The molecule has 0 spiro atoms. The number of para-hydroxylation sites is 2. The molecule has 1 N–H and O–H groups in total. The first-order valence-corrected chi connectivity index (χ1v) is 9.66. The molecule has 0 bridgehead atoms. The van der Waals surface area contributed by atoms with Gasteiger partial charge in [0.1, 0.15) is 11.2 Å². The van der Waals surface area contributed by atoms with E-state index in [0.29, 0.717) is 12.5 Å². The molecule has 1 saturated heterocycles. The van der Waals surface area contributed by atoms with Crippen LogP contribution in [0.5, 0.6) is 0 Å². The molecular formula is C24H23NO2. The van der Waals surface area contributed by atoms with Crippen molar-refractivity contribution in [1.82, 2.24) is 5.32 Å². The molecule has 0 saturated carbocycles. The lowest BCUT2D eigenvalue weighted by atomic mass is 9.86. The normalized spacial score (nSPS) is 20.3. The van der Waals surface area contributed by atoms with E-state index in [0.717, 1.165) is 30.7 Å². The Morgan fingerprint density at radius 1 is 0.889 bits per heavy atom. The molecule has 0 amide bonds. The van der Waals surface area contributed by atoms with Gasteiger partial charge >= 0.3 is 0 Å². The molecule has 3 nitrogen and oxygen atoms in total. The van der Waals surface area contributed by atoms with Crippen molar-refractivity contribution in [3.8, 4) is 0 Å². The number of fused-ring (bicyclic) bond motifs is 3. The quantitative estimate of drug-likeness (QED) is 0.542. The summed E-state index contributed by atoms with van der Waals surface area (Å²) in [5.74, 6) is 0.333. The van der Waals surface area contributed by atoms with Crippen molar-refractivity contribution in [3.63, 3.8) is 0 Å². The molecule has 2 atom stereocenters. The van der Waals surface area contributed by atoms with Crippen LogP contribution in [0.2, 0.25) is 0 Å². The molecule has 1 aromatic heterocycles. The van der Waals surface area contributed by atoms with Gasteiger partial charge in [-0.25, -0.2) is 0 Å². The Bertz CT molecular complexity index is 1050. The molecule has 27 heavy (non-hydrogen) atoms. The maximum atomic E-state index is 6.35. The Morgan fingerprint density at radius 2 is 1.70 bits per heavy atom. The van der Waals surface area contributed by atoms with Crippen molar-refractivity contribution in [1.29, 1.82) is 0 Å². The molecule has 2 heterocycles. The molecule has 3 heteroatoms. The van der Waals surface area contributed by atoms with Crippen molar-refractivity contribution < 1.29 is 9.15 Å². The molecule has 136 valence electrons. The number of piperidine rings is 1. The van der Waals surface area contributed by atoms with E-state index in [1.165, 1.54) is 21.9 Å². The monoisotopic (exact) mass is 357 g/mol. The zero-order valence-corrected chi connectivity index (χ0v) is 15.2. The van der Waals surface area contributed by atoms with E-state index >= 15 is 0 Å². The third kappa shape index (κ3) is 3.14. The van der Waals surface area contributed by atoms with Gasteiger partial charge in [-0.1, -0.05) is 66.7 Å². The zero-order chi connectivity index (χ0) is 18.1. The summed E-state index contributed by atoms with van der Waals surface area (Å²) in [6.07, 6.45) is 1.19. The van der Waals surface area contributed by atoms with Crippen molar-refractivity contribution in [2.45, 2.75) is 25.0 Å². The van der Waals surface area contributed by atoms with Crippen LogP contribution in [0.3, 0.4) is 0 Å². The van der Waals surface area contributed by atoms with Gasteiger partial charge in [-0.15, -0.1) is 0 Å². The minimum atomic E-state index is 0.137. The standard InChI is InChI=1S/C24H23NO2/c1-2-7-17(8-3-1)16-26-23-15-25-14-13-19(23)21-11-6-10-20-18-9-4-5-12-22(18)27-24(20)21/h1-12,19,23,25H,13-16H2. The van der Waals surface area contributed by atoms with E-state index in [4.69, 9.17) is 9.15 Å². The molecular weight excluding hydrogens is 334 g/mol. The van der Waals surface area contributed by atoms with Gasteiger partial charge in [0, 0.05) is 28.8 Å². The van der Waals surface area contributed by atoms with Crippen LogP contribution < -0.4 is 5.32 Å². The summed E-state index contributed by atoms with van der Waals surface area (Å²) < 4.78 is 12.6. The summed E-state index contributed by atoms with van der Waals surface area (Å²) >= 11 is 0. The van der Waals surface area contributed by atoms with Gasteiger partial charge in [-0.05, 0) is 24.6 Å². The Morgan fingerprint density at radius 3 is 2.63 bits per heavy atom. The molecule has 1 aliphatic rings. The van der Waals surface area contributed by atoms with Gasteiger partial charge in [0.2, 0.25) is 0 Å². The van der Waals surface area contributed by atoms with Gasteiger partial charge in [-0.3, -0.25) is 0 Å². The molecule has 3 aromatic carbocycles. The number of hydrogen-bond acceptors (Lipinski definition) is 3. The topological polar surface area (TPSA) is 34.4 Å². The molecule has 4 aromatic rings. The Balaban J connectivity index is 1.49. The minimum absolute atomic E-state index is 0.137. The summed E-state index contributed by atoms with van der Waals surface area (Å²) in [7, 11) is 0. The number of furan rings is 1. The Hall–Kier alpha value is -2.62. The summed E-state index contributed by atoms with van der Waals surface area (Å²) in [5, 5.41) is 5.87. The highest BCUT2D eigenvalue weighted by molar-refractivity contribution is 6.05. The molecule has 2 unspecified atom stereocenters. The summed E-state index contributed by atoms with van der Waals surface area (Å²) in [4.78, 5) is 0. The third-order valence-electron chi connectivity index (χ3n) is 5.57. The van der Waals surface area contributed by atoms with E-state index in [9.17, 15) is 0 Å². The summed E-state index contributed by atoms with van der Waals surface area (Å²) in [6.45, 7) is 2.51. The summed E-state index contributed by atoms with van der Waals surface area (Å²) in [5.41, 5.74) is 4.45. The first-order chi connectivity index (χ1) is 13.4. The van der Waals surface area contributed by atoms with Crippen LogP contribution in [0, 0.1) is 0 Å². The third-order valence-corrected chi connectivity index (χ3v) is 5.57. The van der Waals surface area contributed by atoms with Crippen LogP contribution >= 0.6 is 0 Å². The van der Waals surface area contributed by atoms with Crippen LogP contribution in [0.15, 0.2) is 77.2 Å². The van der Waals surface area contributed by atoms with Crippen LogP contribution in [0.25, 0.3) is 21.9 Å². The van der Waals surface area contributed by atoms with Crippen LogP contribution in [0.1, 0.15) is 23.5 Å². The second-order valence-corrected chi connectivity index (χ2v) is 7.26. The van der Waals surface area contributed by atoms with Crippen molar-refractivity contribution >= 4 is 21.9 Å². The molecule has 0 radical (unpaired) electrons. The lowest BCUT2D eigenvalue weighted by Crippen LogP contribution is -2.41. The number of ether oxygens (including phenoxy) is 1. The fraction of sp³-hybridized carbons (Fsp3) is 0.250. The highest BCUT2D eigenvalue weighted by atomic mass is 16.5. The Kier molecular flexibility index (Phi) is 4.40. The van der Waals surface area contributed by atoms with Gasteiger partial charge in [-0.2, -0.15) is 0 Å². The van der Waals surface area contributed by atoms with Gasteiger partial charge in [0.15, 0.2) is 0 Å². The van der Waals surface area contributed by atoms with Crippen LogP contribution in [-0.2, 0) is 11.3 Å². The Labute approximate surface area is 158 Å². The van der Waals surface area contributed by atoms with E-state index in [1.54, 1.807) is 0 Å². The highest BCUT2D eigenvalue weighted by Crippen LogP contribution is 2.37. The molecule has 5 rings (SSSR count). The fourth-order valence-electron chi connectivity index (χ4n) is 4.20. The lowest BCUT2D eigenvalue weighted by molar-refractivity contribution is 0.0107. The number of nitrogens with one attached hydrogen (secondary N) is 1. The smallest absolute Gasteiger partial charge is 0.138 e. The predicted molar refractivity (Wildman–Crippen MR) is 109 cm³/mol. The second-order valence-electron chi connectivity index (χ2n) is 7.26. The van der Waals surface area contributed by atoms with Crippen molar-refractivity contribution in [2.75, 3.05) is 13.1 Å². The van der Waals surface area contributed by atoms with E-state index in [1.807, 2.05) is 18.2 Å². The number of hydrogen-bond donors (Lipinski definition) is 1. The maximum absolute atomic E-state index is 6.35. The average Bonchev–Trinajstić information content (AvgIpc) is 3.12. The maximum Gasteiger partial charge on any atom is 0.138 e. The second kappa shape index (κ2) is 7.18. The molecule has 0 aliphatic carbocycles. The summed E-state index contributed by atoms with van der Waals surface area (Å²) in [6, 6.07) is 25.2. The predicted octanol–water partition coefficient (Wildman–Crippen LogP) is 5.25. The number of benzene rings is 3. The lowest BCUT2D eigenvalue weighted by Gasteiger charge is -2.32. The average molecular weight is 357 g/mol. The largest absolute Gasteiger partial charge is 0.456 e. The van der Waals surface area contributed by atoms with Crippen LogP contribution in [0.4, 0.5) is 0 Å². The fourth-order valence-corrected chi connectivity index (χ4v) is 4.20. The van der Waals surface area contributed by atoms with Crippen molar-refractivity contribution in [2.24, 2.45) is 0 Å². The van der Waals surface area contributed by atoms with E-state index < -0.39 is 0 Å². The zero-order valence-electron chi connectivity index (χ0n) is 15.2. The van der Waals surface area contributed by atoms with Gasteiger partial charge in [0.25, 0.3) is 0 Å².